The normalized spacial score (nSPS) is 18.6. The third kappa shape index (κ3) is 3.96. The minimum absolute atomic E-state index is 0.0183. The summed E-state index contributed by atoms with van der Waals surface area (Å²) in [5.41, 5.74) is -1.70. The predicted octanol–water partition coefficient (Wildman–Crippen LogP) is 5.46. The van der Waals surface area contributed by atoms with Crippen LogP contribution in [0.3, 0.4) is 0 Å². The van der Waals surface area contributed by atoms with E-state index in [9.17, 15) is 18.3 Å². The Balaban J connectivity index is 1.77. The van der Waals surface area contributed by atoms with Crippen molar-refractivity contribution in [3.05, 3.63) is 57.9 Å². The van der Waals surface area contributed by atoms with Crippen LogP contribution >= 0.6 is 27.3 Å². The van der Waals surface area contributed by atoms with Gasteiger partial charge in [0, 0.05) is 27.0 Å². The van der Waals surface area contributed by atoms with E-state index in [4.69, 9.17) is 9.47 Å². The molecule has 1 N–H and O–H groups in total. The van der Waals surface area contributed by atoms with Crippen molar-refractivity contribution in [3.63, 3.8) is 0 Å². The lowest BCUT2D eigenvalue weighted by molar-refractivity contribution is -0.254. The molecule has 0 unspecified atom stereocenters. The summed E-state index contributed by atoms with van der Waals surface area (Å²) < 4.78 is 53.3. The number of hydrazone groups is 1. The quantitative estimate of drug-likeness (QED) is 0.477. The maximum Gasteiger partial charge on any atom is 0.438 e. The van der Waals surface area contributed by atoms with E-state index in [1.165, 1.54) is 14.2 Å². The van der Waals surface area contributed by atoms with E-state index in [-0.39, 0.29) is 16.6 Å². The van der Waals surface area contributed by atoms with Crippen molar-refractivity contribution in [1.29, 1.82) is 0 Å². The van der Waals surface area contributed by atoms with Crippen LogP contribution in [0, 0.1) is 0 Å². The highest BCUT2D eigenvalue weighted by Crippen LogP contribution is 2.46. The number of thiazole rings is 1. The molecule has 0 spiro atoms. The highest BCUT2D eigenvalue weighted by Gasteiger charge is 2.62. The smallest absolute Gasteiger partial charge is 0.438 e. The summed E-state index contributed by atoms with van der Waals surface area (Å²) in [6.45, 7) is 0. The fourth-order valence-corrected chi connectivity index (χ4v) is 4.38. The standard InChI is InChI=1S/C21H17BrF3N3O3S/c1-30-14-7-8-15(18(9-14)31-2)16-10-20(29,21(23,24)25)28(27-16)19-26-17(11-32-19)12-3-5-13(22)6-4-12/h3-9,11,29H,10H2,1-2H3/t20-/m1/s1. The van der Waals surface area contributed by atoms with Crippen molar-refractivity contribution in [1.82, 2.24) is 4.98 Å². The summed E-state index contributed by atoms with van der Waals surface area (Å²) in [7, 11) is 2.87. The molecule has 3 aromatic rings. The molecule has 32 heavy (non-hydrogen) atoms. The van der Waals surface area contributed by atoms with Gasteiger partial charge in [-0.2, -0.15) is 23.3 Å². The van der Waals surface area contributed by atoms with E-state index < -0.39 is 18.3 Å². The van der Waals surface area contributed by atoms with Gasteiger partial charge in [-0.05, 0) is 24.3 Å². The van der Waals surface area contributed by atoms with Gasteiger partial charge in [-0.3, -0.25) is 0 Å². The van der Waals surface area contributed by atoms with E-state index >= 15 is 0 Å². The fraction of sp³-hybridized carbons (Fsp3) is 0.238. The molecule has 6 nitrogen and oxygen atoms in total. The number of methoxy groups -OCH3 is 2. The molecule has 1 aliphatic rings. The monoisotopic (exact) mass is 527 g/mol. The van der Waals surface area contributed by atoms with Crippen LogP contribution in [0.25, 0.3) is 11.3 Å². The van der Waals surface area contributed by atoms with Crippen LogP contribution in [-0.2, 0) is 0 Å². The van der Waals surface area contributed by atoms with E-state index in [0.29, 0.717) is 22.0 Å². The molecule has 11 heteroatoms. The van der Waals surface area contributed by atoms with Crippen molar-refractivity contribution < 1.29 is 27.8 Å². The largest absolute Gasteiger partial charge is 0.497 e. The Morgan fingerprint density at radius 1 is 1.12 bits per heavy atom. The first-order chi connectivity index (χ1) is 15.2. The molecule has 4 rings (SSSR count). The number of hydrogen-bond donors (Lipinski definition) is 1. The Kier molecular flexibility index (Phi) is 5.91. The number of benzene rings is 2. The number of ether oxygens (including phenoxy) is 2. The summed E-state index contributed by atoms with van der Waals surface area (Å²) in [5.74, 6) is 0.760. The first-order valence-electron chi connectivity index (χ1n) is 9.27. The molecule has 1 atom stereocenters. The van der Waals surface area contributed by atoms with Gasteiger partial charge in [0.05, 0.1) is 32.0 Å². The molecule has 168 valence electrons. The van der Waals surface area contributed by atoms with Crippen LogP contribution < -0.4 is 14.5 Å². The number of nitrogens with zero attached hydrogens (tertiary/aromatic N) is 3. The number of hydrogen-bond acceptors (Lipinski definition) is 7. The molecule has 0 amide bonds. The van der Waals surface area contributed by atoms with Crippen molar-refractivity contribution in [2.75, 3.05) is 19.2 Å². The van der Waals surface area contributed by atoms with Crippen molar-refractivity contribution in [2.45, 2.75) is 18.3 Å². The van der Waals surface area contributed by atoms with Gasteiger partial charge in [0.2, 0.25) is 5.13 Å². The number of rotatable bonds is 5. The SMILES string of the molecule is COc1ccc(C2=NN(c3nc(-c4ccc(Br)cc4)cs3)[C@](O)(C(F)(F)F)C2)c(OC)c1. The van der Waals surface area contributed by atoms with Gasteiger partial charge in [-0.1, -0.05) is 28.1 Å². The van der Waals surface area contributed by atoms with E-state index in [1.807, 2.05) is 12.1 Å². The third-order valence-corrected chi connectivity index (χ3v) is 6.32. The second-order valence-electron chi connectivity index (χ2n) is 6.94. The van der Waals surface area contributed by atoms with Crippen LogP contribution in [0.2, 0.25) is 0 Å². The van der Waals surface area contributed by atoms with Crippen LogP contribution in [0.1, 0.15) is 12.0 Å². The molecule has 0 fully saturated rings. The number of aliphatic hydroxyl groups is 1. The average molecular weight is 528 g/mol. The van der Waals surface area contributed by atoms with Crippen LogP contribution in [0.15, 0.2) is 57.4 Å². The fourth-order valence-electron chi connectivity index (χ4n) is 3.27. The third-order valence-electron chi connectivity index (χ3n) is 4.97. The first kappa shape index (κ1) is 22.6. The molecule has 0 radical (unpaired) electrons. The molecule has 1 aliphatic heterocycles. The Hall–Kier alpha value is -2.63. The van der Waals surface area contributed by atoms with Gasteiger partial charge in [0.1, 0.15) is 11.5 Å². The lowest BCUT2D eigenvalue weighted by atomic mass is 10.00. The van der Waals surface area contributed by atoms with E-state index in [2.05, 4.69) is 26.0 Å². The van der Waals surface area contributed by atoms with Crippen LogP contribution in [0.5, 0.6) is 11.5 Å². The molecule has 0 bridgehead atoms. The maximum absolute atomic E-state index is 14.0. The summed E-state index contributed by atoms with van der Waals surface area (Å²) in [6, 6.07) is 11.9. The minimum Gasteiger partial charge on any atom is -0.497 e. The lowest BCUT2D eigenvalue weighted by Crippen LogP contribution is -2.55. The van der Waals surface area contributed by atoms with Gasteiger partial charge in [0.15, 0.2) is 0 Å². The van der Waals surface area contributed by atoms with Gasteiger partial charge in [0.25, 0.3) is 5.72 Å². The molecule has 0 saturated heterocycles. The Labute approximate surface area is 194 Å². The topological polar surface area (TPSA) is 67.2 Å². The van der Waals surface area contributed by atoms with Crippen LogP contribution in [0.4, 0.5) is 18.3 Å². The number of halogens is 4. The Morgan fingerprint density at radius 3 is 2.47 bits per heavy atom. The van der Waals surface area contributed by atoms with Gasteiger partial charge in [-0.15, -0.1) is 11.3 Å². The van der Waals surface area contributed by atoms with Gasteiger partial charge >= 0.3 is 6.18 Å². The molecular weight excluding hydrogens is 511 g/mol. The van der Waals surface area contributed by atoms with Gasteiger partial charge in [-0.25, -0.2) is 4.98 Å². The molecular formula is C21H17BrF3N3O3S. The molecule has 2 aromatic carbocycles. The molecule has 1 aromatic heterocycles. The van der Waals surface area contributed by atoms with Gasteiger partial charge < -0.3 is 14.6 Å². The lowest BCUT2D eigenvalue weighted by Gasteiger charge is -2.32. The zero-order chi connectivity index (χ0) is 23.1. The van der Waals surface area contributed by atoms with Crippen molar-refractivity contribution in [2.24, 2.45) is 5.10 Å². The summed E-state index contributed by atoms with van der Waals surface area (Å²) >= 11 is 4.31. The number of aromatic nitrogens is 1. The summed E-state index contributed by atoms with van der Waals surface area (Å²) in [5, 5.41) is 17.0. The summed E-state index contributed by atoms with van der Waals surface area (Å²) in [4.78, 5) is 4.31. The molecule has 0 aliphatic carbocycles. The second kappa shape index (κ2) is 8.38. The minimum atomic E-state index is -4.98. The zero-order valence-corrected chi connectivity index (χ0v) is 19.3. The Bertz CT molecular complexity index is 1170. The van der Waals surface area contributed by atoms with E-state index in [1.54, 1.807) is 35.7 Å². The number of anilines is 1. The number of alkyl halides is 3. The molecule has 0 saturated carbocycles. The van der Waals surface area contributed by atoms with Crippen LogP contribution in [-0.4, -0.2) is 41.9 Å². The maximum atomic E-state index is 14.0. The first-order valence-corrected chi connectivity index (χ1v) is 10.9. The average Bonchev–Trinajstić information content (AvgIpc) is 3.38. The van der Waals surface area contributed by atoms with Crippen molar-refractivity contribution >= 4 is 38.1 Å². The predicted molar refractivity (Wildman–Crippen MR) is 119 cm³/mol. The highest BCUT2D eigenvalue weighted by atomic mass is 79.9. The molecule has 2 heterocycles. The highest BCUT2D eigenvalue weighted by molar-refractivity contribution is 9.10. The Morgan fingerprint density at radius 2 is 1.84 bits per heavy atom. The van der Waals surface area contributed by atoms with Crippen molar-refractivity contribution in [3.8, 4) is 22.8 Å². The second-order valence-corrected chi connectivity index (χ2v) is 8.69. The zero-order valence-electron chi connectivity index (χ0n) is 16.9. The van der Waals surface area contributed by atoms with E-state index in [0.717, 1.165) is 21.4 Å². The summed E-state index contributed by atoms with van der Waals surface area (Å²) in [6.07, 6.45) is -5.77.